The van der Waals surface area contributed by atoms with E-state index in [0.29, 0.717) is 24.9 Å². The van der Waals surface area contributed by atoms with E-state index >= 15 is 0 Å². The Kier molecular flexibility index (Phi) is 4.01. The third kappa shape index (κ3) is 3.33. The average Bonchev–Trinajstić information content (AvgIpc) is 3.05. The molecule has 1 aliphatic heterocycles. The Morgan fingerprint density at radius 2 is 2.17 bits per heavy atom. The lowest BCUT2D eigenvalue weighted by Crippen LogP contribution is -2.39. The van der Waals surface area contributed by atoms with E-state index in [2.05, 4.69) is 15.2 Å². The van der Waals surface area contributed by atoms with Crippen LogP contribution in [0.25, 0.3) is 0 Å². The number of nitrogens with zero attached hydrogens (tertiary/aromatic N) is 4. The maximum absolute atomic E-state index is 12.5. The van der Waals surface area contributed by atoms with Crippen LogP contribution in [0.3, 0.4) is 0 Å². The van der Waals surface area contributed by atoms with E-state index in [1.807, 2.05) is 0 Å². The van der Waals surface area contributed by atoms with Crippen molar-refractivity contribution in [3.05, 3.63) is 41.9 Å². The second-order valence-electron chi connectivity index (χ2n) is 5.28. The molecule has 2 aromatic rings. The van der Waals surface area contributed by atoms with Gasteiger partial charge in [-0.2, -0.15) is 13.2 Å². The number of alkyl halides is 3. The van der Waals surface area contributed by atoms with Gasteiger partial charge < -0.3 is 9.32 Å². The van der Waals surface area contributed by atoms with Crippen LogP contribution in [0, 0.1) is 0 Å². The van der Waals surface area contributed by atoms with Crippen molar-refractivity contribution < 1.29 is 22.4 Å². The van der Waals surface area contributed by atoms with Crippen molar-refractivity contribution in [2.45, 2.75) is 24.9 Å². The third-order valence-electron chi connectivity index (χ3n) is 3.65. The third-order valence-corrected chi connectivity index (χ3v) is 3.65. The standard InChI is InChI=1S/C14H13F3N4O2/c15-14(16,17)13-20-19-11(23-13)10-4-2-6-21(8-10)12(22)9-3-1-5-18-7-9/h1,3,5,7,10H,2,4,6,8H2/t10-/m0/s1. The summed E-state index contributed by atoms with van der Waals surface area (Å²) in [6, 6.07) is 3.30. The van der Waals surface area contributed by atoms with Gasteiger partial charge in [-0.05, 0) is 25.0 Å². The van der Waals surface area contributed by atoms with Crippen LogP contribution in [0.2, 0.25) is 0 Å². The number of piperidine rings is 1. The summed E-state index contributed by atoms with van der Waals surface area (Å²) in [5.41, 5.74) is 0.439. The number of rotatable bonds is 2. The van der Waals surface area contributed by atoms with Gasteiger partial charge in [0.05, 0.1) is 11.5 Å². The molecule has 0 spiro atoms. The van der Waals surface area contributed by atoms with Crippen molar-refractivity contribution in [1.82, 2.24) is 20.1 Å². The highest BCUT2D eigenvalue weighted by Crippen LogP contribution is 2.32. The Morgan fingerprint density at radius 3 is 2.83 bits per heavy atom. The Bertz CT molecular complexity index is 687. The van der Waals surface area contributed by atoms with E-state index in [4.69, 9.17) is 4.42 Å². The van der Waals surface area contributed by atoms with E-state index < -0.39 is 18.0 Å². The molecule has 2 aromatic heterocycles. The zero-order valence-corrected chi connectivity index (χ0v) is 12.0. The van der Waals surface area contributed by atoms with Gasteiger partial charge in [-0.25, -0.2) is 0 Å². The van der Waals surface area contributed by atoms with Crippen molar-refractivity contribution >= 4 is 5.91 Å². The van der Waals surface area contributed by atoms with Crippen molar-refractivity contribution in [2.75, 3.05) is 13.1 Å². The summed E-state index contributed by atoms with van der Waals surface area (Å²) in [4.78, 5) is 17.8. The molecule has 1 fully saturated rings. The SMILES string of the molecule is O=C(c1cccnc1)N1CCC[C@H](c2nnc(C(F)(F)F)o2)C1. The summed E-state index contributed by atoms with van der Waals surface area (Å²) in [5.74, 6) is -2.05. The molecule has 0 aromatic carbocycles. The van der Waals surface area contributed by atoms with E-state index in [-0.39, 0.29) is 18.3 Å². The molecule has 0 bridgehead atoms. The molecule has 1 aliphatic rings. The Labute approximate surface area is 129 Å². The number of likely N-dealkylation sites (tertiary alicyclic amines) is 1. The van der Waals surface area contributed by atoms with Gasteiger partial charge >= 0.3 is 12.1 Å². The zero-order valence-electron chi connectivity index (χ0n) is 12.0. The van der Waals surface area contributed by atoms with Gasteiger partial charge in [0.25, 0.3) is 5.91 Å². The minimum Gasteiger partial charge on any atom is -0.417 e. The highest BCUT2D eigenvalue weighted by atomic mass is 19.4. The molecule has 6 nitrogen and oxygen atoms in total. The fourth-order valence-corrected chi connectivity index (χ4v) is 2.55. The average molecular weight is 326 g/mol. The predicted molar refractivity (Wildman–Crippen MR) is 71.4 cm³/mol. The fourth-order valence-electron chi connectivity index (χ4n) is 2.55. The number of amides is 1. The molecule has 0 N–H and O–H groups in total. The summed E-state index contributed by atoms with van der Waals surface area (Å²) >= 11 is 0. The normalized spacial score (nSPS) is 18.9. The van der Waals surface area contributed by atoms with Crippen LogP contribution in [0.15, 0.2) is 28.9 Å². The van der Waals surface area contributed by atoms with Crippen LogP contribution in [-0.4, -0.2) is 39.1 Å². The number of carbonyl (C=O) groups excluding carboxylic acids is 1. The molecular formula is C14H13F3N4O2. The molecule has 0 unspecified atom stereocenters. The van der Waals surface area contributed by atoms with E-state index in [0.717, 1.165) is 0 Å². The second-order valence-corrected chi connectivity index (χ2v) is 5.28. The first-order valence-corrected chi connectivity index (χ1v) is 7.05. The first-order valence-electron chi connectivity index (χ1n) is 7.05. The number of pyridine rings is 1. The molecule has 3 rings (SSSR count). The molecule has 0 radical (unpaired) electrons. The van der Waals surface area contributed by atoms with Crippen LogP contribution >= 0.6 is 0 Å². The van der Waals surface area contributed by atoms with Crippen molar-refractivity contribution in [3.8, 4) is 0 Å². The quantitative estimate of drug-likeness (QED) is 0.848. The van der Waals surface area contributed by atoms with E-state index in [1.54, 1.807) is 23.2 Å². The molecule has 3 heterocycles. The number of hydrogen-bond acceptors (Lipinski definition) is 5. The summed E-state index contributed by atoms with van der Waals surface area (Å²) in [7, 11) is 0. The lowest BCUT2D eigenvalue weighted by molar-refractivity contribution is -0.157. The maximum atomic E-state index is 12.5. The molecule has 9 heteroatoms. The Balaban J connectivity index is 1.73. The zero-order chi connectivity index (χ0) is 16.4. The first kappa shape index (κ1) is 15.4. The summed E-state index contributed by atoms with van der Waals surface area (Å²) in [5, 5.41) is 6.52. The number of carbonyl (C=O) groups is 1. The summed E-state index contributed by atoms with van der Waals surface area (Å²) < 4.78 is 42.3. The predicted octanol–water partition coefficient (Wildman–Crippen LogP) is 2.50. The molecule has 1 atom stereocenters. The van der Waals surface area contributed by atoms with Gasteiger partial charge in [0, 0.05) is 25.5 Å². The van der Waals surface area contributed by atoms with Crippen molar-refractivity contribution in [2.24, 2.45) is 0 Å². The largest absolute Gasteiger partial charge is 0.470 e. The molecule has 122 valence electrons. The molecule has 0 saturated carbocycles. The van der Waals surface area contributed by atoms with E-state index in [1.165, 1.54) is 6.20 Å². The van der Waals surface area contributed by atoms with Gasteiger partial charge in [-0.1, -0.05) is 0 Å². The van der Waals surface area contributed by atoms with Gasteiger partial charge in [-0.3, -0.25) is 9.78 Å². The number of aromatic nitrogens is 3. The highest BCUT2D eigenvalue weighted by molar-refractivity contribution is 5.93. The van der Waals surface area contributed by atoms with Crippen LogP contribution in [-0.2, 0) is 6.18 Å². The lowest BCUT2D eigenvalue weighted by Gasteiger charge is -2.31. The Hall–Kier alpha value is -2.45. The van der Waals surface area contributed by atoms with Crippen LogP contribution in [0.4, 0.5) is 13.2 Å². The summed E-state index contributed by atoms with van der Waals surface area (Å²) in [6.07, 6.45) is -0.394. The topological polar surface area (TPSA) is 72.1 Å². The van der Waals surface area contributed by atoms with Gasteiger partial charge in [-0.15, -0.1) is 10.2 Å². The van der Waals surface area contributed by atoms with Crippen molar-refractivity contribution in [3.63, 3.8) is 0 Å². The maximum Gasteiger partial charge on any atom is 0.470 e. The van der Waals surface area contributed by atoms with E-state index in [9.17, 15) is 18.0 Å². The molecule has 1 saturated heterocycles. The number of halogens is 3. The van der Waals surface area contributed by atoms with Crippen LogP contribution in [0.1, 0.15) is 40.9 Å². The minimum absolute atomic E-state index is 0.0824. The molecule has 23 heavy (non-hydrogen) atoms. The second kappa shape index (κ2) is 5.98. The lowest BCUT2D eigenvalue weighted by atomic mass is 9.97. The molecule has 1 amide bonds. The van der Waals surface area contributed by atoms with Crippen molar-refractivity contribution in [1.29, 1.82) is 0 Å². The Morgan fingerprint density at radius 1 is 1.35 bits per heavy atom. The van der Waals surface area contributed by atoms with Gasteiger partial charge in [0.1, 0.15) is 0 Å². The highest BCUT2D eigenvalue weighted by Gasteiger charge is 2.39. The van der Waals surface area contributed by atoms with Gasteiger partial charge in [0.2, 0.25) is 5.89 Å². The smallest absolute Gasteiger partial charge is 0.417 e. The van der Waals surface area contributed by atoms with Gasteiger partial charge in [0.15, 0.2) is 0 Å². The fraction of sp³-hybridized carbons (Fsp3) is 0.429. The molecular weight excluding hydrogens is 313 g/mol. The summed E-state index contributed by atoms with van der Waals surface area (Å²) in [6.45, 7) is 0.776. The first-order chi connectivity index (χ1) is 10.9. The van der Waals surface area contributed by atoms with Crippen LogP contribution in [0.5, 0.6) is 0 Å². The monoisotopic (exact) mass is 326 g/mol. The van der Waals surface area contributed by atoms with Crippen LogP contribution < -0.4 is 0 Å². The number of hydrogen-bond donors (Lipinski definition) is 0. The molecule has 0 aliphatic carbocycles. The minimum atomic E-state index is -4.66.